The van der Waals surface area contributed by atoms with Crippen molar-refractivity contribution >= 4 is 29.3 Å². The van der Waals surface area contributed by atoms with Gasteiger partial charge in [0.15, 0.2) is 0 Å². The van der Waals surface area contributed by atoms with Gasteiger partial charge in [0.2, 0.25) is 5.91 Å². The lowest BCUT2D eigenvalue weighted by molar-refractivity contribution is -0.142. The number of benzene rings is 1. The number of thioether (sulfide) groups is 1. The van der Waals surface area contributed by atoms with E-state index in [0.717, 1.165) is 0 Å². The molecule has 0 fully saturated rings. The molecular weight excluding hydrogens is 293 g/mol. The molecular formula is C15H16FNO3S. The predicted molar refractivity (Wildman–Crippen MR) is 79.9 cm³/mol. The molecule has 0 bridgehead atoms. The summed E-state index contributed by atoms with van der Waals surface area (Å²) < 4.78 is 13.0. The number of nitrogens with zero attached hydrogens (tertiary/aromatic N) is 1. The molecule has 0 spiro atoms. The van der Waals surface area contributed by atoms with E-state index in [1.165, 1.54) is 28.8 Å². The molecule has 4 nitrogen and oxygen atoms in total. The number of rotatable bonds is 4. The lowest BCUT2D eigenvalue weighted by Crippen LogP contribution is -2.43. The molecule has 112 valence electrons. The first-order chi connectivity index (χ1) is 9.90. The Morgan fingerprint density at radius 3 is 2.52 bits per heavy atom. The molecule has 2 rings (SSSR count). The minimum absolute atomic E-state index is 0.102. The van der Waals surface area contributed by atoms with Gasteiger partial charge in [-0.3, -0.25) is 14.5 Å². The van der Waals surface area contributed by atoms with Crippen molar-refractivity contribution in [2.24, 2.45) is 5.92 Å². The highest BCUT2D eigenvalue weighted by Crippen LogP contribution is 2.35. The monoisotopic (exact) mass is 309 g/mol. The number of hydrogen-bond donors (Lipinski definition) is 1. The summed E-state index contributed by atoms with van der Waals surface area (Å²) in [5, 5.41) is 10.5. The summed E-state index contributed by atoms with van der Waals surface area (Å²) in [5.74, 6) is -1.58. The van der Waals surface area contributed by atoms with E-state index in [0.29, 0.717) is 11.3 Å². The van der Waals surface area contributed by atoms with Crippen LogP contribution in [0.1, 0.15) is 19.4 Å². The van der Waals surface area contributed by atoms with E-state index >= 15 is 0 Å². The maximum Gasteiger partial charge on any atom is 0.323 e. The van der Waals surface area contributed by atoms with Crippen molar-refractivity contribution in [2.45, 2.75) is 19.1 Å². The number of carbonyl (C=O) groups excluding carboxylic acids is 1. The average molecular weight is 309 g/mol. The molecule has 1 amide bonds. The zero-order valence-electron chi connectivity index (χ0n) is 11.7. The molecule has 6 heteroatoms. The van der Waals surface area contributed by atoms with Crippen LogP contribution in [0.15, 0.2) is 29.7 Å². The van der Waals surface area contributed by atoms with Gasteiger partial charge in [0, 0.05) is 0 Å². The normalized spacial score (nSPS) is 18.9. The van der Waals surface area contributed by atoms with Crippen molar-refractivity contribution in [1.29, 1.82) is 0 Å². The number of halogens is 1. The largest absolute Gasteiger partial charge is 0.480 e. The maximum atomic E-state index is 13.0. The zero-order chi connectivity index (χ0) is 15.6. The van der Waals surface area contributed by atoms with Crippen LogP contribution < -0.4 is 0 Å². The average Bonchev–Trinajstić information content (AvgIpc) is 2.41. The zero-order valence-corrected chi connectivity index (χ0v) is 12.6. The van der Waals surface area contributed by atoms with Gasteiger partial charge in [-0.1, -0.05) is 13.8 Å². The Labute approximate surface area is 126 Å². The van der Waals surface area contributed by atoms with Gasteiger partial charge in [0.25, 0.3) is 0 Å². The van der Waals surface area contributed by atoms with E-state index in [1.54, 1.807) is 17.5 Å². The van der Waals surface area contributed by atoms with Gasteiger partial charge in [0.05, 0.1) is 10.9 Å². The number of carboxylic acids is 1. The second kappa shape index (κ2) is 6.30. The van der Waals surface area contributed by atoms with Gasteiger partial charge in [-0.05, 0) is 41.2 Å². The lowest BCUT2D eigenvalue weighted by atomic mass is 10.1. The third kappa shape index (κ3) is 3.44. The van der Waals surface area contributed by atoms with Crippen LogP contribution in [0, 0.1) is 11.7 Å². The molecule has 1 aliphatic heterocycles. The van der Waals surface area contributed by atoms with E-state index in [-0.39, 0.29) is 22.9 Å². The Balaban J connectivity index is 2.39. The molecule has 0 aromatic heterocycles. The Morgan fingerprint density at radius 2 is 2.00 bits per heavy atom. The van der Waals surface area contributed by atoms with Crippen LogP contribution in [0.25, 0.3) is 5.70 Å². The molecule has 0 saturated heterocycles. The van der Waals surface area contributed by atoms with Crippen molar-refractivity contribution in [3.05, 3.63) is 41.1 Å². The molecule has 1 heterocycles. The van der Waals surface area contributed by atoms with Gasteiger partial charge in [0.1, 0.15) is 12.4 Å². The van der Waals surface area contributed by atoms with Crippen molar-refractivity contribution in [3.8, 4) is 0 Å². The summed E-state index contributed by atoms with van der Waals surface area (Å²) in [6, 6.07) is 5.66. The van der Waals surface area contributed by atoms with Crippen molar-refractivity contribution in [2.75, 3.05) is 6.54 Å². The Kier molecular flexibility index (Phi) is 4.67. The fourth-order valence-electron chi connectivity index (χ4n) is 2.12. The smallest absolute Gasteiger partial charge is 0.323 e. The van der Waals surface area contributed by atoms with Gasteiger partial charge < -0.3 is 5.11 Å². The van der Waals surface area contributed by atoms with Gasteiger partial charge in [-0.2, -0.15) is 0 Å². The molecule has 1 atom stereocenters. The third-order valence-electron chi connectivity index (χ3n) is 3.17. The standard InChI is InChI=1S/C15H16FNO3S/c1-9(2)14-15(20)17(7-13(18)19)12(8-21-14)10-3-5-11(16)6-4-10/h3-6,8-9,14H,7H2,1-2H3,(H,18,19). The molecule has 1 N–H and O–H groups in total. The predicted octanol–water partition coefficient (Wildman–Crippen LogP) is 2.81. The van der Waals surface area contributed by atoms with E-state index < -0.39 is 12.5 Å². The minimum atomic E-state index is -1.08. The highest BCUT2D eigenvalue weighted by Gasteiger charge is 2.34. The molecule has 0 saturated carbocycles. The summed E-state index contributed by atoms with van der Waals surface area (Å²) in [7, 11) is 0. The highest BCUT2D eigenvalue weighted by atomic mass is 32.2. The molecule has 0 aliphatic carbocycles. The summed E-state index contributed by atoms with van der Waals surface area (Å²) in [4.78, 5) is 24.8. The second-order valence-electron chi connectivity index (χ2n) is 5.13. The number of carboxylic acid groups (broad SMARTS) is 1. The van der Waals surface area contributed by atoms with E-state index in [1.807, 2.05) is 13.8 Å². The molecule has 1 unspecified atom stereocenters. The molecule has 1 aromatic rings. The Bertz CT molecular complexity index is 583. The van der Waals surface area contributed by atoms with Crippen LogP contribution in [-0.4, -0.2) is 33.7 Å². The van der Waals surface area contributed by atoms with Crippen molar-refractivity contribution in [1.82, 2.24) is 4.90 Å². The highest BCUT2D eigenvalue weighted by molar-refractivity contribution is 8.03. The van der Waals surface area contributed by atoms with Crippen LogP contribution in [0.4, 0.5) is 4.39 Å². The fraction of sp³-hybridized carbons (Fsp3) is 0.333. The van der Waals surface area contributed by atoms with Crippen LogP contribution in [0.5, 0.6) is 0 Å². The summed E-state index contributed by atoms with van der Waals surface area (Å²) in [5.41, 5.74) is 1.13. The molecule has 1 aliphatic rings. The third-order valence-corrected chi connectivity index (χ3v) is 4.56. The number of carbonyl (C=O) groups is 2. The van der Waals surface area contributed by atoms with Crippen LogP contribution in [0.3, 0.4) is 0 Å². The number of aliphatic carboxylic acids is 1. The van der Waals surface area contributed by atoms with E-state index in [9.17, 15) is 14.0 Å². The second-order valence-corrected chi connectivity index (χ2v) is 6.14. The quantitative estimate of drug-likeness (QED) is 0.929. The van der Waals surface area contributed by atoms with Crippen molar-refractivity contribution < 1.29 is 19.1 Å². The lowest BCUT2D eigenvalue weighted by Gasteiger charge is -2.33. The van der Waals surface area contributed by atoms with Crippen LogP contribution in [0.2, 0.25) is 0 Å². The Hall–Kier alpha value is -1.82. The summed E-state index contributed by atoms with van der Waals surface area (Å²) in [6.07, 6.45) is 0. The van der Waals surface area contributed by atoms with Gasteiger partial charge in [-0.25, -0.2) is 4.39 Å². The molecule has 1 aromatic carbocycles. The summed E-state index contributed by atoms with van der Waals surface area (Å²) >= 11 is 1.38. The first-order valence-electron chi connectivity index (χ1n) is 6.55. The van der Waals surface area contributed by atoms with E-state index in [2.05, 4.69) is 0 Å². The summed E-state index contributed by atoms with van der Waals surface area (Å²) in [6.45, 7) is 3.45. The first-order valence-corrected chi connectivity index (χ1v) is 7.49. The molecule has 0 radical (unpaired) electrons. The maximum absolute atomic E-state index is 13.0. The minimum Gasteiger partial charge on any atom is -0.480 e. The van der Waals surface area contributed by atoms with Crippen LogP contribution >= 0.6 is 11.8 Å². The van der Waals surface area contributed by atoms with E-state index in [4.69, 9.17) is 5.11 Å². The SMILES string of the molecule is CC(C)C1SC=C(c2ccc(F)cc2)N(CC(=O)O)C1=O. The molecule has 21 heavy (non-hydrogen) atoms. The Morgan fingerprint density at radius 1 is 1.38 bits per heavy atom. The fourth-order valence-corrected chi connectivity index (χ4v) is 3.21. The van der Waals surface area contributed by atoms with Gasteiger partial charge in [-0.15, -0.1) is 11.8 Å². The van der Waals surface area contributed by atoms with Crippen LogP contribution in [-0.2, 0) is 9.59 Å². The number of amides is 1. The topological polar surface area (TPSA) is 57.6 Å². The van der Waals surface area contributed by atoms with Crippen molar-refractivity contribution in [3.63, 3.8) is 0 Å². The van der Waals surface area contributed by atoms with Gasteiger partial charge >= 0.3 is 5.97 Å². The number of hydrogen-bond acceptors (Lipinski definition) is 3. The first kappa shape index (κ1) is 15.6.